The number of nitrogens with one attached hydrogen (secondary N) is 1. The van der Waals surface area contributed by atoms with Crippen molar-refractivity contribution >= 4 is 6.09 Å². The molecular formula is C6H11F2NO3. The molecule has 4 nitrogen and oxygen atoms in total. The van der Waals surface area contributed by atoms with Crippen LogP contribution in [0.15, 0.2) is 0 Å². The lowest BCUT2D eigenvalue weighted by Gasteiger charge is -2.10. The largest absolute Gasteiger partial charge is 0.441 e. The standard InChI is InChI=1S/C6H11F2NO3/c7-3-5(4-8)12-6(11)9-1-2-10/h5,10H,1-4H2,(H,9,11). The van der Waals surface area contributed by atoms with Crippen molar-refractivity contribution in [1.29, 1.82) is 0 Å². The Morgan fingerprint density at radius 1 is 1.50 bits per heavy atom. The Bertz CT molecular complexity index is 130. The van der Waals surface area contributed by atoms with Crippen molar-refractivity contribution in [2.45, 2.75) is 6.10 Å². The second kappa shape index (κ2) is 6.78. The summed E-state index contributed by atoms with van der Waals surface area (Å²) in [5.74, 6) is 0. The van der Waals surface area contributed by atoms with Gasteiger partial charge in [-0.2, -0.15) is 0 Å². The number of ether oxygens (including phenoxy) is 1. The van der Waals surface area contributed by atoms with E-state index in [2.05, 4.69) is 10.1 Å². The molecule has 0 bridgehead atoms. The minimum Gasteiger partial charge on any atom is -0.441 e. The molecule has 0 unspecified atom stereocenters. The fraction of sp³-hybridized carbons (Fsp3) is 0.833. The highest BCUT2D eigenvalue weighted by molar-refractivity contribution is 5.67. The van der Waals surface area contributed by atoms with Gasteiger partial charge in [0.15, 0.2) is 6.10 Å². The van der Waals surface area contributed by atoms with E-state index in [9.17, 15) is 13.6 Å². The number of halogens is 2. The number of amides is 1. The predicted octanol–water partition coefficient (Wildman–Crippen LogP) is 0.0125. The Morgan fingerprint density at radius 3 is 2.50 bits per heavy atom. The maximum Gasteiger partial charge on any atom is 0.407 e. The average molecular weight is 183 g/mol. The second-order valence-electron chi connectivity index (χ2n) is 1.99. The molecule has 0 fully saturated rings. The molecule has 0 heterocycles. The Kier molecular flexibility index (Phi) is 6.26. The lowest BCUT2D eigenvalue weighted by atomic mass is 10.4. The monoisotopic (exact) mass is 183 g/mol. The van der Waals surface area contributed by atoms with Crippen molar-refractivity contribution in [2.75, 3.05) is 26.5 Å². The van der Waals surface area contributed by atoms with Crippen LogP contribution in [0.25, 0.3) is 0 Å². The minimum atomic E-state index is -1.34. The van der Waals surface area contributed by atoms with Crippen LogP contribution in [0.1, 0.15) is 0 Å². The van der Waals surface area contributed by atoms with E-state index in [1.54, 1.807) is 0 Å². The summed E-state index contributed by atoms with van der Waals surface area (Å²) >= 11 is 0. The van der Waals surface area contributed by atoms with Gasteiger partial charge in [-0.3, -0.25) is 0 Å². The van der Waals surface area contributed by atoms with E-state index >= 15 is 0 Å². The average Bonchev–Trinajstić information content (AvgIpc) is 2.10. The van der Waals surface area contributed by atoms with E-state index in [0.717, 1.165) is 0 Å². The van der Waals surface area contributed by atoms with Crippen molar-refractivity contribution in [3.8, 4) is 0 Å². The van der Waals surface area contributed by atoms with E-state index in [0.29, 0.717) is 0 Å². The van der Waals surface area contributed by atoms with Crippen LogP contribution < -0.4 is 5.32 Å². The molecule has 0 aromatic heterocycles. The molecule has 0 radical (unpaired) electrons. The van der Waals surface area contributed by atoms with Gasteiger partial charge in [0.25, 0.3) is 0 Å². The number of aliphatic hydroxyl groups excluding tert-OH is 1. The highest BCUT2D eigenvalue weighted by Crippen LogP contribution is 1.94. The first kappa shape index (κ1) is 11.1. The van der Waals surface area contributed by atoms with Gasteiger partial charge in [0.2, 0.25) is 0 Å². The van der Waals surface area contributed by atoms with E-state index in [1.807, 2.05) is 0 Å². The molecule has 2 N–H and O–H groups in total. The molecule has 1 amide bonds. The highest BCUT2D eigenvalue weighted by atomic mass is 19.1. The molecule has 0 spiro atoms. The molecule has 0 aliphatic heterocycles. The Hall–Kier alpha value is -0.910. The maximum atomic E-state index is 11.7. The van der Waals surface area contributed by atoms with E-state index < -0.39 is 25.5 Å². The van der Waals surface area contributed by atoms with Crippen LogP contribution in [0.4, 0.5) is 13.6 Å². The molecule has 12 heavy (non-hydrogen) atoms. The zero-order valence-electron chi connectivity index (χ0n) is 6.43. The SMILES string of the molecule is O=C(NCCO)OC(CF)CF. The molecule has 0 saturated heterocycles. The third-order valence-corrected chi connectivity index (χ3v) is 0.999. The van der Waals surface area contributed by atoms with Crippen molar-refractivity contribution in [1.82, 2.24) is 5.32 Å². The lowest BCUT2D eigenvalue weighted by Crippen LogP contribution is -2.32. The number of hydrogen-bond acceptors (Lipinski definition) is 3. The van der Waals surface area contributed by atoms with Crippen LogP contribution in [0, 0.1) is 0 Å². The van der Waals surface area contributed by atoms with Crippen LogP contribution in [-0.4, -0.2) is 43.8 Å². The van der Waals surface area contributed by atoms with Gasteiger partial charge in [0.1, 0.15) is 13.3 Å². The molecule has 0 aromatic rings. The molecule has 0 aliphatic carbocycles. The first-order chi connectivity index (χ1) is 5.74. The smallest absolute Gasteiger partial charge is 0.407 e. The zero-order valence-corrected chi connectivity index (χ0v) is 6.43. The summed E-state index contributed by atoms with van der Waals surface area (Å²) < 4.78 is 27.7. The normalized spacial score (nSPS) is 10.0. The van der Waals surface area contributed by atoms with Gasteiger partial charge >= 0.3 is 6.09 Å². The second-order valence-corrected chi connectivity index (χ2v) is 1.99. The van der Waals surface area contributed by atoms with Gasteiger partial charge < -0.3 is 15.2 Å². The maximum absolute atomic E-state index is 11.7. The van der Waals surface area contributed by atoms with Gasteiger partial charge in [-0.15, -0.1) is 0 Å². The third-order valence-electron chi connectivity index (χ3n) is 0.999. The summed E-state index contributed by atoms with van der Waals surface area (Å²) in [4.78, 5) is 10.6. The lowest BCUT2D eigenvalue weighted by molar-refractivity contribution is 0.0647. The van der Waals surface area contributed by atoms with Gasteiger partial charge in [-0.05, 0) is 0 Å². The molecule has 6 heteroatoms. The molecule has 0 aliphatic rings. The first-order valence-corrected chi connectivity index (χ1v) is 3.41. The van der Waals surface area contributed by atoms with Crippen molar-refractivity contribution < 1.29 is 23.4 Å². The molecular weight excluding hydrogens is 172 g/mol. The fourth-order valence-electron chi connectivity index (χ4n) is 0.455. The van der Waals surface area contributed by atoms with Gasteiger partial charge in [-0.25, -0.2) is 13.6 Å². The van der Waals surface area contributed by atoms with Crippen LogP contribution in [0.2, 0.25) is 0 Å². The minimum absolute atomic E-state index is 0.00409. The quantitative estimate of drug-likeness (QED) is 0.631. The number of alkyl halides is 2. The van der Waals surface area contributed by atoms with E-state index in [4.69, 9.17) is 5.11 Å². The summed E-state index contributed by atoms with van der Waals surface area (Å²) in [6, 6.07) is 0. The first-order valence-electron chi connectivity index (χ1n) is 3.41. The molecule has 72 valence electrons. The van der Waals surface area contributed by atoms with E-state index in [1.165, 1.54) is 0 Å². The molecule has 0 aromatic carbocycles. The summed E-state index contributed by atoms with van der Waals surface area (Å²) in [5.41, 5.74) is 0. The summed E-state index contributed by atoms with van der Waals surface area (Å²) in [7, 11) is 0. The molecule has 0 rings (SSSR count). The van der Waals surface area contributed by atoms with Gasteiger partial charge in [0, 0.05) is 6.54 Å². The number of alkyl carbamates (subject to hydrolysis) is 1. The topological polar surface area (TPSA) is 58.6 Å². The van der Waals surface area contributed by atoms with Crippen molar-refractivity contribution in [2.24, 2.45) is 0 Å². The van der Waals surface area contributed by atoms with Crippen molar-refractivity contribution in [3.63, 3.8) is 0 Å². The van der Waals surface area contributed by atoms with Crippen molar-refractivity contribution in [3.05, 3.63) is 0 Å². The summed E-state index contributed by atoms with van der Waals surface area (Å²) in [6.45, 7) is -2.35. The third kappa shape index (κ3) is 4.84. The van der Waals surface area contributed by atoms with Crippen LogP contribution in [0.5, 0.6) is 0 Å². The number of hydrogen-bond donors (Lipinski definition) is 2. The van der Waals surface area contributed by atoms with Crippen LogP contribution >= 0.6 is 0 Å². The summed E-state index contributed by atoms with van der Waals surface area (Å²) in [6.07, 6.45) is -2.27. The van der Waals surface area contributed by atoms with Gasteiger partial charge in [0.05, 0.1) is 6.61 Å². The molecule has 0 atom stereocenters. The number of rotatable bonds is 5. The number of carbonyl (C=O) groups excluding carboxylic acids is 1. The van der Waals surface area contributed by atoms with Crippen LogP contribution in [-0.2, 0) is 4.74 Å². The Morgan fingerprint density at radius 2 is 2.08 bits per heavy atom. The fourth-order valence-corrected chi connectivity index (χ4v) is 0.455. The molecule has 0 saturated carbocycles. The highest BCUT2D eigenvalue weighted by Gasteiger charge is 2.12. The Balaban J connectivity index is 3.52. The Labute approximate surface area is 68.5 Å². The van der Waals surface area contributed by atoms with Gasteiger partial charge in [-0.1, -0.05) is 0 Å². The zero-order chi connectivity index (χ0) is 9.40. The van der Waals surface area contributed by atoms with E-state index in [-0.39, 0.29) is 13.2 Å². The number of aliphatic hydroxyl groups is 1. The summed E-state index contributed by atoms with van der Waals surface area (Å²) in [5, 5.41) is 10.3. The van der Waals surface area contributed by atoms with Crippen LogP contribution in [0.3, 0.4) is 0 Å². The number of carbonyl (C=O) groups is 1. The predicted molar refractivity (Wildman–Crippen MR) is 37.3 cm³/mol.